The van der Waals surface area contributed by atoms with Gasteiger partial charge in [0.25, 0.3) is 0 Å². The standard InChI is InChI=1S/C13H23N7O/c14-18-11-15-12(19-5-3-1-2-4-6-19)17-13(16-11)20-7-9-21-10-8-20/h1-10,14H2,(H,15,16,17,18). The van der Waals surface area contributed by atoms with Crippen molar-refractivity contribution in [3.8, 4) is 0 Å². The maximum atomic E-state index is 5.51. The smallest absolute Gasteiger partial charge is 0.243 e. The molecule has 21 heavy (non-hydrogen) atoms. The normalized spacial score (nSPS) is 20.2. The van der Waals surface area contributed by atoms with Crippen LogP contribution in [0, 0.1) is 0 Å². The van der Waals surface area contributed by atoms with Crippen LogP contribution >= 0.6 is 0 Å². The van der Waals surface area contributed by atoms with Crippen LogP contribution in [0.1, 0.15) is 25.7 Å². The van der Waals surface area contributed by atoms with Gasteiger partial charge in [-0.25, -0.2) is 5.84 Å². The SMILES string of the molecule is NNc1nc(N2CCCCCC2)nc(N2CCOCC2)n1. The third-order valence-electron chi connectivity index (χ3n) is 3.92. The molecule has 8 nitrogen and oxygen atoms in total. The molecule has 0 radical (unpaired) electrons. The molecule has 2 saturated heterocycles. The van der Waals surface area contributed by atoms with Gasteiger partial charge in [0.2, 0.25) is 17.8 Å². The first kappa shape index (κ1) is 14.3. The Bertz CT molecular complexity index is 456. The maximum absolute atomic E-state index is 5.51. The summed E-state index contributed by atoms with van der Waals surface area (Å²) in [6, 6.07) is 0. The van der Waals surface area contributed by atoms with Gasteiger partial charge in [0.05, 0.1) is 13.2 Å². The van der Waals surface area contributed by atoms with Gasteiger partial charge in [0.15, 0.2) is 0 Å². The maximum Gasteiger partial charge on any atom is 0.243 e. The number of hydrazine groups is 1. The number of ether oxygens (including phenoxy) is 1. The van der Waals surface area contributed by atoms with Crippen LogP contribution in [0.15, 0.2) is 0 Å². The fraction of sp³-hybridized carbons (Fsp3) is 0.769. The zero-order chi connectivity index (χ0) is 14.5. The van der Waals surface area contributed by atoms with Crippen LogP contribution in [0.25, 0.3) is 0 Å². The molecule has 1 aromatic heterocycles. The molecular weight excluding hydrogens is 270 g/mol. The van der Waals surface area contributed by atoms with Crippen LogP contribution in [-0.2, 0) is 4.74 Å². The number of morpholine rings is 1. The molecule has 2 aliphatic rings. The summed E-state index contributed by atoms with van der Waals surface area (Å²) < 4.78 is 5.38. The number of nitrogens with one attached hydrogen (secondary N) is 1. The van der Waals surface area contributed by atoms with Gasteiger partial charge in [-0.05, 0) is 12.8 Å². The highest BCUT2D eigenvalue weighted by Gasteiger charge is 2.19. The highest BCUT2D eigenvalue weighted by molar-refractivity contribution is 5.45. The predicted molar refractivity (Wildman–Crippen MR) is 81.4 cm³/mol. The number of aromatic nitrogens is 3. The predicted octanol–water partition coefficient (Wildman–Crippen LogP) is 0.374. The lowest BCUT2D eigenvalue weighted by Crippen LogP contribution is -2.38. The van der Waals surface area contributed by atoms with E-state index >= 15 is 0 Å². The molecule has 2 fully saturated rings. The van der Waals surface area contributed by atoms with E-state index in [1.165, 1.54) is 25.7 Å². The molecule has 3 heterocycles. The summed E-state index contributed by atoms with van der Waals surface area (Å²) in [5.74, 6) is 7.34. The number of nitrogens with zero attached hydrogens (tertiary/aromatic N) is 5. The van der Waals surface area contributed by atoms with E-state index in [0.29, 0.717) is 25.1 Å². The van der Waals surface area contributed by atoms with Crippen LogP contribution in [0.3, 0.4) is 0 Å². The number of anilines is 3. The number of nitrogens with two attached hydrogens (primary N) is 1. The average Bonchev–Trinajstić information content (AvgIpc) is 2.84. The molecule has 0 aliphatic carbocycles. The number of hydrogen-bond acceptors (Lipinski definition) is 8. The van der Waals surface area contributed by atoms with E-state index in [1.807, 2.05) is 0 Å². The number of nitrogen functional groups attached to an aromatic ring is 1. The van der Waals surface area contributed by atoms with E-state index < -0.39 is 0 Å². The van der Waals surface area contributed by atoms with Crippen molar-refractivity contribution in [3.63, 3.8) is 0 Å². The topological polar surface area (TPSA) is 92.4 Å². The van der Waals surface area contributed by atoms with E-state index in [-0.39, 0.29) is 0 Å². The van der Waals surface area contributed by atoms with Crippen molar-refractivity contribution in [2.75, 3.05) is 54.6 Å². The highest BCUT2D eigenvalue weighted by atomic mass is 16.5. The Morgan fingerprint density at radius 3 is 1.95 bits per heavy atom. The second-order valence-electron chi connectivity index (χ2n) is 5.40. The fourth-order valence-electron chi connectivity index (χ4n) is 2.74. The summed E-state index contributed by atoms with van der Waals surface area (Å²) in [5.41, 5.74) is 2.55. The Morgan fingerprint density at radius 1 is 0.810 bits per heavy atom. The van der Waals surface area contributed by atoms with Crippen molar-refractivity contribution in [2.24, 2.45) is 5.84 Å². The van der Waals surface area contributed by atoms with E-state index in [0.717, 1.165) is 32.1 Å². The molecule has 0 saturated carbocycles. The quantitative estimate of drug-likeness (QED) is 0.610. The second-order valence-corrected chi connectivity index (χ2v) is 5.40. The molecule has 0 bridgehead atoms. The summed E-state index contributed by atoms with van der Waals surface area (Å²) in [6.45, 7) is 5.00. The Balaban J connectivity index is 1.84. The summed E-state index contributed by atoms with van der Waals surface area (Å²) in [7, 11) is 0. The number of hydrogen-bond donors (Lipinski definition) is 2. The van der Waals surface area contributed by atoms with Crippen LogP contribution in [0.2, 0.25) is 0 Å². The van der Waals surface area contributed by atoms with Gasteiger partial charge >= 0.3 is 0 Å². The zero-order valence-corrected chi connectivity index (χ0v) is 12.3. The molecule has 116 valence electrons. The minimum atomic E-state index is 0.422. The first-order valence-corrected chi connectivity index (χ1v) is 7.67. The number of rotatable bonds is 3. The summed E-state index contributed by atoms with van der Waals surface area (Å²) >= 11 is 0. The van der Waals surface area contributed by atoms with E-state index in [2.05, 4.69) is 30.2 Å². The minimum Gasteiger partial charge on any atom is -0.378 e. The van der Waals surface area contributed by atoms with Gasteiger partial charge in [-0.15, -0.1) is 0 Å². The Kier molecular flexibility index (Phi) is 4.66. The van der Waals surface area contributed by atoms with Crippen molar-refractivity contribution >= 4 is 17.8 Å². The summed E-state index contributed by atoms with van der Waals surface area (Å²) in [6.07, 6.45) is 4.92. The Morgan fingerprint density at radius 2 is 1.38 bits per heavy atom. The van der Waals surface area contributed by atoms with Crippen molar-refractivity contribution in [2.45, 2.75) is 25.7 Å². The molecule has 8 heteroatoms. The summed E-state index contributed by atoms with van der Waals surface area (Å²) in [4.78, 5) is 17.8. The molecule has 0 unspecified atom stereocenters. The van der Waals surface area contributed by atoms with Crippen molar-refractivity contribution < 1.29 is 4.74 Å². The largest absolute Gasteiger partial charge is 0.378 e. The van der Waals surface area contributed by atoms with Crippen molar-refractivity contribution in [3.05, 3.63) is 0 Å². The van der Waals surface area contributed by atoms with Gasteiger partial charge in [-0.1, -0.05) is 12.8 Å². The van der Waals surface area contributed by atoms with Crippen molar-refractivity contribution in [1.82, 2.24) is 15.0 Å². The van der Waals surface area contributed by atoms with E-state index in [9.17, 15) is 0 Å². The van der Waals surface area contributed by atoms with Gasteiger partial charge in [0, 0.05) is 26.2 Å². The zero-order valence-electron chi connectivity index (χ0n) is 12.3. The van der Waals surface area contributed by atoms with Crippen LogP contribution in [-0.4, -0.2) is 54.3 Å². The van der Waals surface area contributed by atoms with Gasteiger partial charge in [-0.2, -0.15) is 15.0 Å². The molecule has 1 aromatic rings. The summed E-state index contributed by atoms with van der Waals surface area (Å²) in [5, 5.41) is 0. The Hall–Kier alpha value is -1.67. The Labute approximate surface area is 124 Å². The molecule has 3 rings (SSSR count). The first-order valence-electron chi connectivity index (χ1n) is 7.67. The lowest BCUT2D eigenvalue weighted by molar-refractivity contribution is 0.122. The second kappa shape index (κ2) is 6.86. The molecule has 3 N–H and O–H groups in total. The lowest BCUT2D eigenvalue weighted by atomic mass is 10.2. The van der Waals surface area contributed by atoms with Crippen LogP contribution < -0.4 is 21.1 Å². The minimum absolute atomic E-state index is 0.422. The third kappa shape index (κ3) is 3.51. The van der Waals surface area contributed by atoms with Gasteiger partial charge < -0.3 is 14.5 Å². The third-order valence-corrected chi connectivity index (χ3v) is 3.92. The molecule has 0 aromatic carbocycles. The molecule has 2 aliphatic heterocycles. The lowest BCUT2D eigenvalue weighted by Gasteiger charge is -2.28. The first-order chi connectivity index (χ1) is 10.4. The van der Waals surface area contributed by atoms with Crippen molar-refractivity contribution in [1.29, 1.82) is 0 Å². The van der Waals surface area contributed by atoms with Gasteiger partial charge in [0.1, 0.15) is 0 Å². The average molecular weight is 293 g/mol. The van der Waals surface area contributed by atoms with Gasteiger partial charge in [-0.3, -0.25) is 5.43 Å². The molecular formula is C13H23N7O. The van der Waals surface area contributed by atoms with Crippen LogP contribution in [0.5, 0.6) is 0 Å². The fourth-order valence-corrected chi connectivity index (χ4v) is 2.74. The molecule has 0 spiro atoms. The van der Waals surface area contributed by atoms with E-state index in [4.69, 9.17) is 10.6 Å². The molecule has 0 amide bonds. The highest BCUT2D eigenvalue weighted by Crippen LogP contribution is 2.20. The van der Waals surface area contributed by atoms with E-state index in [1.54, 1.807) is 0 Å². The molecule has 0 atom stereocenters. The van der Waals surface area contributed by atoms with Crippen LogP contribution in [0.4, 0.5) is 17.8 Å². The monoisotopic (exact) mass is 293 g/mol.